The zero-order valence-corrected chi connectivity index (χ0v) is 8.39. The van der Waals surface area contributed by atoms with Crippen LogP contribution >= 0.6 is 11.6 Å². The average molecular weight is 197 g/mol. The van der Waals surface area contributed by atoms with Crippen LogP contribution in [0.4, 0.5) is 0 Å². The van der Waals surface area contributed by atoms with Gasteiger partial charge in [-0.2, -0.15) is 0 Å². The van der Waals surface area contributed by atoms with Gasteiger partial charge in [-0.1, -0.05) is 0 Å². The van der Waals surface area contributed by atoms with Gasteiger partial charge in [0.05, 0.1) is 31.9 Å². The highest BCUT2D eigenvalue weighted by atomic mass is 35.5. The summed E-state index contributed by atoms with van der Waals surface area (Å²) in [7, 11) is -2.01. The molecule has 1 saturated heterocycles. The van der Waals surface area contributed by atoms with Gasteiger partial charge in [-0.25, -0.2) is 0 Å². The third-order valence-corrected chi connectivity index (χ3v) is 5.08. The van der Waals surface area contributed by atoms with Gasteiger partial charge in [-0.05, 0) is 6.55 Å². The van der Waals surface area contributed by atoms with Crippen LogP contribution in [0, 0.1) is 0 Å². The van der Waals surface area contributed by atoms with E-state index >= 15 is 0 Å². The second-order valence-electron chi connectivity index (χ2n) is 2.58. The maximum Gasteiger partial charge on any atom is 0.350 e. The van der Waals surface area contributed by atoms with E-state index in [0.717, 1.165) is 0 Å². The summed E-state index contributed by atoms with van der Waals surface area (Å²) in [6.07, 6.45) is 0. The Morgan fingerprint density at radius 3 is 2.18 bits per heavy atom. The Bertz CT molecular complexity index is 114. The molecule has 0 atom stereocenters. The van der Waals surface area contributed by atoms with Gasteiger partial charge < -0.3 is 13.6 Å². The highest BCUT2D eigenvalue weighted by Crippen LogP contribution is 2.10. The summed E-state index contributed by atoms with van der Waals surface area (Å²) in [5, 5.41) is 0. The lowest BCUT2D eigenvalue weighted by Crippen LogP contribution is -2.44. The smallest absolute Gasteiger partial charge is 0.350 e. The van der Waals surface area contributed by atoms with Gasteiger partial charge >= 0.3 is 8.56 Å². The first kappa shape index (κ1) is 9.47. The van der Waals surface area contributed by atoms with Gasteiger partial charge in [0.25, 0.3) is 0 Å². The van der Waals surface area contributed by atoms with Crippen LogP contribution < -0.4 is 0 Å². The number of alkyl halides is 1. The molecular formula is C6H13ClO3Si. The van der Waals surface area contributed by atoms with E-state index in [4.69, 9.17) is 25.2 Å². The molecule has 1 aliphatic heterocycles. The summed E-state index contributed by atoms with van der Waals surface area (Å²) in [6.45, 7) is 4.50. The fourth-order valence-corrected chi connectivity index (χ4v) is 2.58. The minimum atomic E-state index is -2.01. The van der Waals surface area contributed by atoms with Gasteiger partial charge in [-0.3, -0.25) is 0 Å². The van der Waals surface area contributed by atoms with Crippen molar-refractivity contribution >= 4 is 20.2 Å². The van der Waals surface area contributed by atoms with Crippen LogP contribution in [-0.4, -0.2) is 40.5 Å². The number of hydrogen-bond donors (Lipinski definition) is 0. The molecule has 0 unspecified atom stereocenters. The zero-order valence-electron chi connectivity index (χ0n) is 6.64. The van der Waals surface area contributed by atoms with E-state index in [9.17, 15) is 0 Å². The number of rotatable bonds is 1. The second-order valence-corrected chi connectivity index (χ2v) is 6.49. The van der Waals surface area contributed by atoms with Crippen LogP contribution in [0.25, 0.3) is 0 Å². The normalized spacial score (nSPS) is 25.6. The zero-order chi connectivity index (χ0) is 8.16. The molecule has 0 bridgehead atoms. The summed E-state index contributed by atoms with van der Waals surface area (Å²) >= 11 is 5.72. The maximum atomic E-state index is 5.72. The van der Waals surface area contributed by atoms with Crippen molar-refractivity contribution in [3.05, 3.63) is 0 Å². The quantitative estimate of drug-likeness (QED) is 0.461. The first-order chi connectivity index (χ1) is 5.27. The number of halogens is 1. The van der Waals surface area contributed by atoms with Gasteiger partial charge in [-0.15, -0.1) is 11.6 Å². The fourth-order valence-electron chi connectivity index (χ4n) is 0.854. The molecule has 0 aromatic rings. The third-order valence-electron chi connectivity index (χ3n) is 1.51. The van der Waals surface area contributed by atoms with Gasteiger partial charge in [0, 0.05) is 0 Å². The van der Waals surface area contributed by atoms with E-state index in [1.807, 2.05) is 6.55 Å². The molecule has 0 aromatic heterocycles. The first-order valence-corrected chi connectivity index (χ1v) is 6.74. The second kappa shape index (κ2) is 4.42. The van der Waals surface area contributed by atoms with Crippen LogP contribution in [0.1, 0.15) is 0 Å². The van der Waals surface area contributed by atoms with E-state index in [1.54, 1.807) is 0 Å². The van der Waals surface area contributed by atoms with Crippen molar-refractivity contribution in [2.24, 2.45) is 0 Å². The Morgan fingerprint density at radius 2 is 1.73 bits per heavy atom. The van der Waals surface area contributed by atoms with E-state index in [-0.39, 0.29) is 0 Å². The van der Waals surface area contributed by atoms with Gasteiger partial charge in [0.1, 0.15) is 0 Å². The fraction of sp³-hybridized carbons (Fsp3) is 1.00. The van der Waals surface area contributed by atoms with Crippen LogP contribution in [0.2, 0.25) is 6.55 Å². The van der Waals surface area contributed by atoms with Crippen molar-refractivity contribution in [1.29, 1.82) is 0 Å². The van der Waals surface area contributed by atoms with Crippen molar-refractivity contribution in [2.75, 3.05) is 31.9 Å². The maximum absolute atomic E-state index is 5.72. The van der Waals surface area contributed by atoms with E-state index in [1.165, 1.54) is 0 Å². The molecule has 0 N–H and O–H groups in total. The lowest BCUT2D eigenvalue weighted by atomic mass is 10.7. The molecule has 0 spiro atoms. The summed E-state index contributed by atoms with van der Waals surface area (Å²) in [5.41, 5.74) is 0.493. The van der Waals surface area contributed by atoms with Crippen molar-refractivity contribution in [3.63, 3.8) is 0 Å². The number of ether oxygens (including phenoxy) is 1. The summed E-state index contributed by atoms with van der Waals surface area (Å²) in [5.74, 6) is 0. The lowest BCUT2D eigenvalue weighted by Gasteiger charge is -2.26. The molecular weight excluding hydrogens is 184 g/mol. The Labute approximate surface area is 72.8 Å². The predicted molar refractivity (Wildman–Crippen MR) is 45.1 cm³/mol. The van der Waals surface area contributed by atoms with E-state index in [2.05, 4.69) is 0 Å². The highest BCUT2D eigenvalue weighted by molar-refractivity contribution is 6.73. The van der Waals surface area contributed by atoms with E-state index < -0.39 is 8.56 Å². The monoisotopic (exact) mass is 196 g/mol. The molecule has 1 rings (SSSR count). The SMILES string of the molecule is C[Si]1(CCl)OCCOCCO1. The Hall–Kier alpha value is 0.387. The standard InChI is InChI=1S/C6H13ClO3Si/c1-11(6-7)9-4-2-8-3-5-10-11/h2-6H2,1H3. The van der Waals surface area contributed by atoms with E-state index in [0.29, 0.717) is 31.9 Å². The lowest BCUT2D eigenvalue weighted by molar-refractivity contribution is 0.0281. The minimum Gasteiger partial charge on any atom is -0.391 e. The van der Waals surface area contributed by atoms with Crippen molar-refractivity contribution in [2.45, 2.75) is 6.55 Å². The first-order valence-electron chi connectivity index (χ1n) is 3.68. The van der Waals surface area contributed by atoms with Crippen LogP contribution in [0.3, 0.4) is 0 Å². The summed E-state index contributed by atoms with van der Waals surface area (Å²) in [4.78, 5) is 0. The van der Waals surface area contributed by atoms with Crippen molar-refractivity contribution in [1.82, 2.24) is 0 Å². The molecule has 0 aromatic carbocycles. The Morgan fingerprint density at radius 1 is 1.18 bits per heavy atom. The van der Waals surface area contributed by atoms with Crippen LogP contribution in [0.5, 0.6) is 0 Å². The molecule has 1 aliphatic rings. The third kappa shape index (κ3) is 3.09. The highest BCUT2D eigenvalue weighted by Gasteiger charge is 2.31. The summed E-state index contributed by atoms with van der Waals surface area (Å²) < 4.78 is 16.1. The average Bonchev–Trinajstić information content (AvgIpc) is 1.98. The van der Waals surface area contributed by atoms with Gasteiger partial charge in [0.15, 0.2) is 0 Å². The van der Waals surface area contributed by atoms with Crippen LogP contribution in [-0.2, 0) is 13.6 Å². The molecule has 3 nitrogen and oxygen atoms in total. The molecule has 11 heavy (non-hydrogen) atoms. The molecule has 0 radical (unpaired) electrons. The number of hydrogen-bond acceptors (Lipinski definition) is 3. The molecule has 1 fully saturated rings. The minimum absolute atomic E-state index is 0.493. The molecule has 66 valence electrons. The largest absolute Gasteiger partial charge is 0.391 e. The molecule has 1 heterocycles. The molecule has 0 aliphatic carbocycles. The Kier molecular flexibility index (Phi) is 3.81. The topological polar surface area (TPSA) is 27.7 Å². The molecule has 0 saturated carbocycles. The Balaban J connectivity index is 2.37. The van der Waals surface area contributed by atoms with Crippen molar-refractivity contribution in [3.8, 4) is 0 Å². The predicted octanol–water partition coefficient (Wildman–Crippen LogP) is 0.900. The van der Waals surface area contributed by atoms with Crippen molar-refractivity contribution < 1.29 is 13.6 Å². The molecule has 5 heteroatoms. The van der Waals surface area contributed by atoms with Gasteiger partial charge in [0.2, 0.25) is 0 Å². The van der Waals surface area contributed by atoms with Crippen LogP contribution in [0.15, 0.2) is 0 Å². The summed E-state index contributed by atoms with van der Waals surface area (Å²) in [6, 6.07) is 0. The molecule has 0 amide bonds.